The molecule has 0 unspecified atom stereocenters. The van der Waals surface area contributed by atoms with Crippen LogP contribution in [0.5, 0.6) is 0 Å². The van der Waals surface area contributed by atoms with Crippen molar-refractivity contribution < 1.29 is 19.1 Å². The van der Waals surface area contributed by atoms with E-state index < -0.39 is 11.8 Å². The van der Waals surface area contributed by atoms with Crippen molar-refractivity contribution in [3.05, 3.63) is 94.8 Å². The summed E-state index contributed by atoms with van der Waals surface area (Å²) in [5.41, 5.74) is 5.34. The van der Waals surface area contributed by atoms with Gasteiger partial charge in [-0.1, -0.05) is 54.6 Å². The zero-order valence-corrected chi connectivity index (χ0v) is 19.3. The van der Waals surface area contributed by atoms with Crippen molar-refractivity contribution in [3.63, 3.8) is 0 Å². The van der Waals surface area contributed by atoms with Crippen molar-refractivity contribution in [1.82, 2.24) is 0 Å². The number of rotatable bonds is 8. The number of benzene rings is 3. The van der Waals surface area contributed by atoms with E-state index in [4.69, 9.17) is 5.11 Å². The first kappa shape index (κ1) is 23.5. The molecule has 1 N–H and O–H groups in total. The number of hydrogen-bond acceptors (Lipinski definition) is 3. The van der Waals surface area contributed by atoms with E-state index in [0.29, 0.717) is 11.1 Å². The second-order valence-electron chi connectivity index (χ2n) is 8.72. The Bertz CT molecular complexity index is 1180. The Morgan fingerprint density at radius 1 is 1.03 bits per heavy atom. The Morgan fingerprint density at radius 3 is 2.53 bits per heavy atom. The van der Waals surface area contributed by atoms with Crippen LogP contribution in [0.4, 0.5) is 15.8 Å². The molecule has 3 aromatic carbocycles. The van der Waals surface area contributed by atoms with Crippen molar-refractivity contribution in [2.24, 2.45) is 0 Å². The van der Waals surface area contributed by atoms with Crippen molar-refractivity contribution in [2.45, 2.75) is 45.7 Å². The van der Waals surface area contributed by atoms with Gasteiger partial charge in [-0.2, -0.15) is 0 Å². The fourth-order valence-electron chi connectivity index (χ4n) is 4.58. The molecule has 5 nitrogen and oxygen atoms in total. The largest absolute Gasteiger partial charge is 0.481 e. The molecule has 0 spiro atoms. The van der Waals surface area contributed by atoms with E-state index in [1.54, 1.807) is 17.0 Å². The molecule has 0 saturated carbocycles. The molecule has 0 aliphatic carbocycles. The quantitative estimate of drug-likeness (QED) is 0.492. The molecule has 1 heterocycles. The molecule has 3 aromatic rings. The highest BCUT2D eigenvalue weighted by molar-refractivity contribution is 5.96. The molecule has 6 heteroatoms. The number of carbonyl (C=O) groups excluding carboxylic acids is 1. The van der Waals surface area contributed by atoms with Crippen LogP contribution in [0.3, 0.4) is 0 Å². The molecule has 1 aliphatic heterocycles. The van der Waals surface area contributed by atoms with Crippen LogP contribution in [0.2, 0.25) is 0 Å². The molecule has 0 bridgehead atoms. The van der Waals surface area contributed by atoms with Gasteiger partial charge >= 0.3 is 5.97 Å². The number of hydrogen-bond donors (Lipinski definition) is 1. The number of amides is 1. The zero-order chi connectivity index (χ0) is 24.1. The number of anilines is 2. The standard InChI is InChI=1S/C28H29FN2O3/c1-20(32)31(19-22-12-13-23(25(29)17-22)14-15-27(33)34)26-11-5-9-24-10-6-16-30(28(24)26)18-21-7-3-2-4-8-21/h2-5,7-9,11-13,17H,6,10,14-16,18-19H2,1H3,(H,33,34). The molecule has 0 radical (unpaired) electrons. The molecule has 176 valence electrons. The maximum atomic E-state index is 14.6. The Hall–Kier alpha value is -3.67. The summed E-state index contributed by atoms with van der Waals surface area (Å²) in [6, 6.07) is 21.1. The van der Waals surface area contributed by atoms with Gasteiger partial charge in [-0.15, -0.1) is 0 Å². The van der Waals surface area contributed by atoms with Crippen LogP contribution >= 0.6 is 0 Å². The highest BCUT2D eigenvalue weighted by Crippen LogP contribution is 2.38. The number of aliphatic carboxylic acids is 1. The lowest BCUT2D eigenvalue weighted by atomic mass is 9.98. The lowest BCUT2D eigenvalue weighted by Gasteiger charge is -2.36. The Balaban J connectivity index is 1.64. The SMILES string of the molecule is CC(=O)N(Cc1ccc(CCC(=O)O)c(F)c1)c1cccc2c1N(Cc1ccccc1)CCC2. The minimum atomic E-state index is -0.958. The molecule has 34 heavy (non-hydrogen) atoms. The summed E-state index contributed by atoms with van der Waals surface area (Å²) in [7, 11) is 0. The van der Waals surface area contributed by atoms with E-state index in [1.807, 2.05) is 30.3 Å². The summed E-state index contributed by atoms with van der Waals surface area (Å²) < 4.78 is 14.6. The zero-order valence-electron chi connectivity index (χ0n) is 19.3. The van der Waals surface area contributed by atoms with E-state index in [0.717, 1.165) is 37.3 Å². The lowest BCUT2D eigenvalue weighted by molar-refractivity contribution is -0.137. The van der Waals surface area contributed by atoms with Crippen LogP contribution in [0.1, 0.15) is 42.0 Å². The Kier molecular flexibility index (Phi) is 7.26. The maximum Gasteiger partial charge on any atom is 0.303 e. The summed E-state index contributed by atoms with van der Waals surface area (Å²) in [4.78, 5) is 27.6. The molecule has 0 atom stereocenters. The van der Waals surface area contributed by atoms with Crippen LogP contribution in [0.15, 0.2) is 66.7 Å². The van der Waals surface area contributed by atoms with Crippen molar-refractivity contribution in [3.8, 4) is 0 Å². The fourth-order valence-corrected chi connectivity index (χ4v) is 4.58. The van der Waals surface area contributed by atoms with Crippen molar-refractivity contribution in [2.75, 3.05) is 16.3 Å². The number of halogens is 1. The number of carboxylic acids is 1. The van der Waals surface area contributed by atoms with Crippen molar-refractivity contribution in [1.29, 1.82) is 0 Å². The summed E-state index contributed by atoms with van der Waals surface area (Å²) >= 11 is 0. The van der Waals surface area contributed by atoms with Crippen LogP contribution in [0.25, 0.3) is 0 Å². The van der Waals surface area contributed by atoms with E-state index in [1.165, 1.54) is 24.1 Å². The van der Waals surface area contributed by atoms with Gasteiger partial charge in [0, 0.05) is 26.4 Å². The first-order valence-electron chi connectivity index (χ1n) is 11.6. The molecule has 1 amide bonds. The minimum absolute atomic E-state index is 0.117. The molecular weight excluding hydrogens is 431 g/mol. The van der Waals surface area contributed by atoms with E-state index in [9.17, 15) is 14.0 Å². The Labute approximate surface area is 199 Å². The lowest BCUT2D eigenvalue weighted by Crippen LogP contribution is -2.34. The fraction of sp³-hybridized carbons (Fsp3) is 0.286. The normalized spacial score (nSPS) is 12.8. The predicted molar refractivity (Wildman–Crippen MR) is 131 cm³/mol. The van der Waals surface area contributed by atoms with Crippen LogP contribution < -0.4 is 9.80 Å². The second-order valence-corrected chi connectivity index (χ2v) is 8.72. The van der Waals surface area contributed by atoms with Gasteiger partial charge in [-0.05, 0) is 53.6 Å². The highest BCUT2D eigenvalue weighted by atomic mass is 19.1. The maximum absolute atomic E-state index is 14.6. The van der Waals surface area contributed by atoms with E-state index >= 15 is 0 Å². The predicted octanol–water partition coefficient (Wildman–Crippen LogP) is 5.35. The number of aryl methyl sites for hydroxylation is 2. The number of para-hydroxylation sites is 1. The Morgan fingerprint density at radius 2 is 1.82 bits per heavy atom. The third kappa shape index (κ3) is 5.45. The first-order chi connectivity index (χ1) is 16.4. The van der Waals surface area contributed by atoms with Gasteiger partial charge in [0.05, 0.1) is 17.9 Å². The molecule has 0 aromatic heterocycles. The third-order valence-electron chi connectivity index (χ3n) is 6.24. The third-order valence-corrected chi connectivity index (χ3v) is 6.24. The summed E-state index contributed by atoms with van der Waals surface area (Å²) in [5, 5.41) is 8.87. The summed E-state index contributed by atoms with van der Waals surface area (Å²) in [6.45, 7) is 3.42. The van der Waals surface area contributed by atoms with Crippen LogP contribution in [0, 0.1) is 5.82 Å². The van der Waals surface area contributed by atoms with Gasteiger partial charge in [-0.25, -0.2) is 4.39 Å². The number of nitrogens with zero attached hydrogens (tertiary/aromatic N) is 2. The van der Waals surface area contributed by atoms with Crippen LogP contribution in [-0.4, -0.2) is 23.5 Å². The van der Waals surface area contributed by atoms with Gasteiger partial charge in [0.2, 0.25) is 5.91 Å². The van der Waals surface area contributed by atoms with E-state index in [-0.39, 0.29) is 25.3 Å². The van der Waals surface area contributed by atoms with Gasteiger partial charge in [-0.3, -0.25) is 9.59 Å². The molecule has 0 saturated heterocycles. The van der Waals surface area contributed by atoms with E-state index in [2.05, 4.69) is 23.1 Å². The highest BCUT2D eigenvalue weighted by Gasteiger charge is 2.25. The first-order valence-corrected chi connectivity index (χ1v) is 11.6. The monoisotopic (exact) mass is 460 g/mol. The number of carboxylic acid groups (broad SMARTS) is 1. The molecule has 4 rings (SSSR count). The minimum Gasteiger partial charge on any atom is -0.481 e. The summed E-state index contributed by atoms with van der Waals surface area (Å²) in [5.74, 6) is -1.52. The number of fused-ring (bicyclic) bond motifs is 1. The van der Waals surface area contributed by atoms with Gasteiger partial charge in [0.15, 0.2) is 0 Å². The van der Waals surface area contributed by atoms with Gasteiger partial charge in [0.1, 0.15) is 5.82 Å². The average Bonchev–Trinajstić information content (AvgIpc) is 2.82. The van der Waals surface area contributed by atoms with Crippen LogP contribution in [-0.2, 0) is 35.5 Å². The second kappa shape index (κ2) is 10.5. The molecule has 1 aliphatic rings. The topological polar surface area (TPSA) is 60.9 Å². The molecular formula is C28H29FN2O3. The number of carbonyl (C=O) groups is 2. The average molecular weight is 461 g/mol. The molecule has 0 fully saturated rings. The van der Waals surface area contributed by atoms with Gasteiger partial charge in [0.25, 0.3) is 0 Å². The smallest absolute Gasteiger partial charge is 0.303 e. The van der Waals surface area contributed by atoms with Gasteiger partial charge < -0.3 is 14.9 Å². The summed E-state index contributed by atoms with van der Waals surface area (Å²) in [6.07, 6.45) is 2.02. The van der Waals surface area contributed by atoms with Crippen molar-refractivity contribution >= 4 is 23.3 Å².